The quantitative estimate of drug-likeness (QED) is 0.0853. The third-order valence-electron chi connectivity index (χ3n) is 7.57. The highest BCUT2D eigenvalue weighted by atomic mass is 35.5. The summed E-state index contributed by atoms with van der Waals surface area (Å²) in [5, 5.41) is 6.92. The van der Waals surface area contributed by atoms with Crippen LogP contribution in [0.25, 0.3) is 0 Å². The number of aromatic nitrogens is 2. The highest BCUT2D eigenvalue weighted by molar-refractivity contribution is 5.43. The number of anilines is 2. The van der Waals surface area contributed by atoms with E-state index < -0.39 is 0 Å². The van der Waals surface area contributed by atoms with Crippen LogP contribution in [0.15, 0.2) is 49.1 Å². The van der Waals surface area contributed by atoms with Crippen LogP contribution < -0.4 is 44.6 Å². The molecule has 0 radical (unpaired) electrons. The Morgan fingerprint density at radius 1 is 0.512 bits per heavy atom. The molecule has 2 rings (SSSR count). The van der Waals surface area contributed by atoms with Gasteiger partial charge >= 0.3 is 0 Å². The van der Waals surface area contributed by atoms with E-state index in [1.807, 2.05) is 0 Å². The monoisotopic (exact) mass is 640 g/mol. The number of nitrogens with one attached hydrogen (secondary N) is 2. The minimum Gasteiger partial charge on any atom is -1.00 e. The van der Waals surface area contributed by atoms with Crippen LogP contribution in [-0.2, 0) is 22.9 Å². The lowest BCUT2D eigenvalue weighted by Gasteiger charge is -2.08. The first-order chi connectivity index (χ1) is 20.3. The van der Waals surface area contributed by atoms with Gasteiger partial charge in [-0.25, -0.2) is 0 Å². The number of hydrogen-bond donors (Lipinski definition) is 2. The number of unbranched alkanes of at least 4 members (excludes halogenated alkanes) is 16. The molecule has 0 aromatic carbocycles. The van der Waals surface area contributed by atoms with Crippen molar-refractivity contribution in [2.45, 2.75) is 143 Å². The average molecular weight is 642 g/mol. The molecule has 2 N–H and O–H groups in total. The SMILES string of the molecule is CCCCCCCCCCCOC[n+]1cccc(NCNc2ccc[n+](COCCCCCCCCCCC)c2)c1.[Cl-].[Cl-]. The number of pyridine rings is 2. The molecular formula is C35H62Cl2N4O2. The highest BCUT2D eigenvalue weighted by Gasteiger charge is 2.05. The van der Waals surface area contributed by atoms with Gasteiger partial charge in [-0.3, -0.25) is 0 Å². The van der Waals surface area contributed by atoms with Crippen molar-refractivity contribution in [2.75, 3.05) is 30.5 Å². The predicted octanol–water partition coefficient (Wildman–Crippen LogP) is 2.76. The molecule has 0 atom stereocenters. The lowest BCUT2D eigenvalue weighted by Crippen LogP contribution is -3.00. The maximum Gasteiger partial charge on any atom is 0.252 e. The summed E-state index contributed by atoms with van der Waals surface area (Å²) in [6.45, 7) is 8.05. The first-order valence-corrected chi connectivity index (χ1v) is 16.9. The normalized spacial score (nSPS) is 10.7. The van der Waals surface area contributed by atoms with E-state index in [1.165, 1.54) is 103 Å². The maximum atomic E-state index is 5.91. The van der Waals surface area contributed by atoms with Crippen molar-refractivity contribution in [1.29, 1.82) is 0 Å². The highest BCUT2D eigenvalue weighted by Crippen LogP contribution is 2.11. The van der Waals surface area contributed by atoms with Gasteiger partial charge in [0.2, 0.25) is 0 Å². The fraction of sp³-hybridized carbons (Fsp3) is 0.714. The fourth-order valence-electron chi connectivity index (χ4n) is 5.03. The van der Waals surface area contributed by atoms with Gasteiger partial charge in [0, 0.05) is 12.1 Å². The largest absolute Gasteiger partial charge is 1.00 e. The molecule has 0 amide bonds. The Morgan fingerprint density at radius 3 is 1.23 bits per heavy atom. The molecular weight excluding hydrogens is 579 g/mol. The van der Waals surface area contributed by atoms with Crippen molar-refractivity contribution in [3.8, 4) is 0 Å². The molecule has 2 aromatic rings. The Hall–Kier alpha value is -1.60. The molecule has 2 aromatic heterocycles. The van der Waals surface area contributed by atoms with Gasteiger partial charge in [-0.1, -0.05) is 117 Å². The Morgan fingerprint density at radius 2 is 0.860 bits per heavy atom. The second-order valence-electron chi connectivity index (χ2n) is 11.5. The van der Waals surface area contributed by atoms with Crippen LogP contribution >= 0.6 is 0 Å². The molecule has 0 fully saturated rings. The van der Waals surface area contributed by atoms with Crippen molar-refractivity contribution >= 4 is 11.4 Å². The third kappa shape index (κ3) is 23.5. The molecule has 0 saturated carbocycles. The number of ether oxygens (including phenoxy) is 2. The van der Waals surface area contributed by atoms with Gasteiger partial charge in [-0.15, -0.1) is 0 Å². The topological polar surface area (TPSA) is 50.3 Å². The van der Waals surface area contributed by atoms with E-state index in [-0.39, 0.29) is 24.8 Å². The zero-order chi connectivity index (χ0) is 29.1. The minimum absolute atomic E-state index is 0. The van der Waals surface area contributed by atoms with Crippen LogP contribution in [0.2, 0.25) is 0 Å². The van der Waals surface area contributed by atoms with Crippen molar-refractivity contribution < 1.29 is 43.4 Å². The number of rotatable bonds is 28. The summed E-state index contributed by atoms with van der Waals surface area (Å²) in [6, 6.07) is 8.30. The molecule has 2 heterocycles. The Bertz CT molecular complexity index is 806. The van der Waals surface area contributed by atoms with Crippen molar-refractivity contribution in [1.82, 2.24) is 0 Å². The summed E-state index contributed by atoms with van der Waals surface area (Å²) in [6.07, 6.45) is 32.4. The second kappa shape index (κ2) is 30.4. The molecule has 0 aliphatic rings. The third-order valence-corrected chi connectivity index (χ3v) is 7.57. The molecule has 0 spiro atoms. The van der Waals surface area contributed by atoms with E-state index in [0.29, 0.717) is 20.1 Å². The number of nitrogens with zero attached hydrogens (tertiary/aromatic N) is 2. The number of hydrogen-bond acceptors (Lipinski definition) is 4. The molecule has 0 unspecified atom stereocenters. The van der Waals surface area contributed by atoms with Gasteiger partial charge in [0.05, 0.1) is 19.9 Å². The van der Waals surface area contributed by atoms with E-state index in [0.717, 1.165) is 37.4 Å². The van der Waals surface area contributed by atoms with Gasteiger partial charge in [-0.2, -0.15) is 9.13 Å². The van der Waals surface area contributed by atoms with Gasteiger partial charge in [0.1, 0.15) is 11.4 Å². The number of halogens is 2. The summed E-state index contributed by atoms with van der Waals surface area (Å²) in [4.78, 5) is 0. The standard InChI is InChI=1S/C35H62N4O2.2ClH/c1-3-5-7-9-11-13-15-17-19-27-40-32-38-25-21-23-34(29-38)36-31-37-35-24-22-26-39(30-35)33-41-28-20-18-16-14-12-10-8-6-4-2;;/h21-26,29-30,36-37H,3-20,27-28,31-33H2,1-2H3;2*1H/q+2;;/p-2. The fourth-order valence-corrected chi connectivity index (χ4v) is 5.03. The summed E-state index contributed by atoms with van der Waals surface area (Å²) < 4.78 is 16.0. The molecule has 0 aliphatic heterocycles. The minimum atomic E-state index is 0. The van der Waals surface area contributed by atoms with Gasteiger partial charge in [0.15, 0.2) is 24.8 Å². The van der Waals surface area contributed by atoms with E-state index in [2.05, 4.69) is 82.7 Å². The lowest BCUT2D eigenvalue weighted by atomic mass is 10.1. The Kier molecular flexibility index (Phi) is 29.3. The summed E-state index contributed by atoms with van der Waals surface area (Å²) in [7, 11) is 0. The Balaban J connectivity index is 0.00000882. The van der Waals surface area contributed by atoms with Gasteiger partial charge in [0.25, 0.3) is 13.5 Å². The first kappa shape index (κ1) is 41.4. The lowest BCUT2D eigenvalue weighted by molar-refractivity contribution is -0.732. The maximum absolute atomic E-state index is 5.91. The first-order valence-electron chi connectivity index (χ1n) is 16.9. The Labute approximate surface area is 276 Å². The van der Waals surface area contributed by atoms with Crippen molar-refractivity contribution in [3.63, 3.8) is 0 Å². The molecule has 0 aliphatic carbocycles. The predicted molar refractivity (Wildman–Crippen MR) is 172 cm³/mol. The van der Waals surface area contributed by atoms with E-state index in [9.17, 15) is 0 Å². The second-order valence-corrected chi connectivity index (χ2v) is 11.5. The molecule has 43 heavy (non-hydrogen) atoms. The molecule has 248 valence electrons. The molecule has 0 saturated heterocycles. The summed E-state index contributed by atoms with van der Waals surface area (Å²) in [5.74, 6) is 0. The van der Waals surface area contributed by atoms with Crippen LogP contribution in [0.1, 0.15) is 129 Å². The van der Waals surface area contributed by atoms with E-state index in [1.54, 1.807) is 0 Å². The zero-order valence-corrected chi connectivity index (χ0v) is 28.9. The van der Waals surface area contributed by atoms with Crippen LogP contribution in [-0.4, -0.2) is 19.9 Å². The van der Waals surface area contributed by atoms with Crippen molar-refractivity contribution in [3.05, 3.63) is 49.1 Å². The molecule has 6 nitrogen and oxygen atoms in total. The van der Waals surface area contributed by atoms with Crippen LogP contribution in [0.5, 0.6) is 0 Å². The van der Waals surface area contributed by atoms with E-state index in [4.69, 9.17) is 9.47 Å². The van der Waals surface area contributed by atoms with Gasteiger partial charge in [-0.05, 0) is 25.0 Å². The zero-order valence-electron chi connectivity index (χ0n) is 27.3. The van der Waals surface area contributed by atoms with Crippen LogP contribution in [0.4, 0.5) is 11.4 Å². The van der Waals surface area contributed by atoms with Crippen LogP contribution in [0.3, 0.4) is 0 Å². The molecule has 0 bridgehead atoms. The summed E-state index contributed by atoms with van der Waals surface area (Å²) in [5.41, 5.74) is 2.14. The van der Waals surface area contributed by atoms with E-state index >= 15 is 0 Å². The van der Waals surface area contributed by atoms with Crippen LogP contribution in [0, 0.1) is 0 Å². The molecule has 8 heteroatoms. The van der Waals surface area contributed by atoms with Crippen molar-refractivity contribution in [2.24, 2.45) is 0 Å². The smallest absolute Gasteiger partial charge is 0.252 e. The summed E-state index contributed by atoms with van der Waals surface area (Å²) >= 11 is 0. The van der Waals surface area contributed by atoms with Gasteiger partial charge < -0.3 is 44.9 Å². The average Bonchev–Trinajstić information content (AvgIpc) is 2.99.